The topological polar surface area (TPSA) is 53.3 Å². The molecule has 102 valence electrons. The van der Waals surface area contributed by atoms with E-state index in [4.69, 9.17) is 5.26 Å². The lowest BCUT2D eigenvalue weighted by Gasteiger charge is -2.23. The highest BCUT2D eigenvalue weighted by atomic mass is 19.4. The zero-order chi connectivity index (χ0) is 14.2. The summed E-state index contributed by atoms with van der Waals surface area (Å²) in [5.41, 5.74) is 0. The summed E-state index contributed by atoms with van der Waals surface area (Å²) in [4.78, 5) is 12.4. The van der Waals surface area contributed by atoms with Crippen LogP contribution in [0.3, 0.4) is 0 Å². The number of alkyl halides is 3. The van der Waals surface area contributed by atoms with Gasteiger partial charge in [-0.05, 0) is 6.92 Å². The van der Waals surface area contributed by atoms with Crippen LogP contribution in [0.1, 0.15) is 6.92 Å². The van der Waals surface area contributed by atoms with Gasteiger partial charge in [0.1, 0.15) is 0 Å². The molecule has 0 aromatic carbocycles. The predicted molar refractivity (Wildman–Crippen MR) is 58.4 cm³/mol. The number of halogens is 3. The molecule has 0 radical (unpaired) electrons. The van der Waals surface area contributed by atoms with Crippen molar-refractivity contribution in [2.75, 3.05) is 26.2 Å². The van der Waals surface area contributed by atoms with Gasteiger partial charge in [0.15, 0.2) is 5.92 Å². The zero-order valence-electron chi connectivity index (χ0n) is 10.0. The molecule has 1 atom stereocenters. The molecule has 0 N–H and O–H groups in total. The summed E-state index contributed by atoms with van der Waals surface area (Å²) in [5, 5.41) is 8.48. The highest BCUT2D eigenvalue weighted by Crippen LogP contribution is 2.26. The van der Waals surface area contributed by atoms with Gasteiger partial charge in [-0.1, -0.05) is 6.08 Å². The Bertz CT molecular complexity index is 323. The van der Waals surface area contributed by atoms with Gasteiger partial charge in [-0.2, -0.15) is 18.4 Å². The fraction of sp³-hybridized carbons (Fsp3) is 0.636. The molecule has 0 bridgehead atoms. The third kappa shape index (κ3) is 6.25. The van der Waals surface area contributed by atoms with E-state index in [9.17, 15) is 18.0 Å². The van der Waals surface area contributed by atoms with Crippen molar-refractivity contribution in [3.8, 4) is 6.07 Å². The summed E-state index contributed by atoms with van der Waals surface area (Å²) in [6.07, 6.45) is -3.24. The fourth-order valence-corrected chi connectivity index (χ4v) is 1.25. The van der Waals surface area contributed by atoms with Crippen molar-refractivity contribution in [1.82, 2.24) is 4.90 Å². The predicted octanol–water partition coefficient (Wildman–Crippen LogP) is 1.74. The molecule has 0 aliphatic heterocycles. The first-order chi connectivity index (χ1) is 8.35. The van der Waals surface area contributed by atoms with Crippen molar-refractivity contribution in [3.63, 3.8) is 0 Å². The minimum atomic E-state index is -4.61. The molecular formula is C11H15F3N2O2. The summed E-state index contributed by atoms with van der Waals surface area (Å²) in [5.74, 6) is -2.76. The molecule has 1 unspecified atom stereocenters. The van der Waals surface area contributed by atoms with E-state index >= 15 is 0 Å². The first-order valence-electron chi connectivity index (χ1n) is 5.30. The van der Waals surface area contributed by atoms with Crippen LogP contribution in [-0.2, 0) is 9.53 Å². The molecule has 0 aromatic rings. The summed E-state index contributed by atoms with van der Waals surface area (Å²) >= 11 is 0. The van der Waals surface area contributed by atoms with Crippen LogP contribution in [0.5, 0.6) is 0 Å². The monoisotopic (exact) mass is 264 g/mol. The van der Waals surface area contributed by atoms with Gasteiger partial charge in [-0.25, -0.2) is 0 Å². The van der Waals surface area contributed by atoms with Gasteiger partial charge in [0.05, 0.1) is 19.2 Å². The smallest absolute Gasteiger partial charge is 0.405 e. The van der Waals surface area contributed by atoms with Gasteiger partial charge < -0.3 is 4.74 Å². The Balaban J connectivity index is 4.56. The van der Waals surface area contributed by atoms with Gasteiger partial charge in [-0.3, -0.25) is 9.69 Å². The highest BCUT2D eigenvalue weighted by molar-refractivity contribution is 5.71. The largest absolute Gasteiger partial charge is 0.465 e. The second kappa shape index (κ2) is 7.71. The summed E-state index contributed by atoms with van der Waals surface area (Å²) in [6, 6.07) is 1.18. The maximum absolute atomic E-state index is 12.4. The number of esters is 1. The summed E-state index contributed by atoms with van der Waals surface area (Å²) in [6.45, 7) is 4.35. The van der Waals surface area contributed by atoms with Gasteiger partial charge in [0.25, 0.3) is 0 Å². The fourth-order valence-electron chi connectivity index (χ4n) is 1.25. The van der Waals surface area contributed by atoms with Crippen LogP contribution in [0.15, 0.2) is 12.7 Å². The lowest BCUT2D eigenvalue weighted by molar-refractivity contribution is -0.165. The van der Waals surface area contributed by atoms with Crippen molar-refractivity contribution in [1.29, 1.82) is 5.26 Å². The second-order valence-electron chi connectivity index (χ2n) is 3.51. The lowest BCUT2D eigenvalue weighted by Crippen LogP contribution is -2.39. The number of ether oxygens (including phenoxy) is 1. The molecule has 0 spiro atoms. The van der Waals surface area contributed by atoms with Crippen LogP contribution in [-0.4, -0.2) is 43.3 Å². The Hall–Kier alpha value is -1.55. The Labute approximate surface area is 104 Å². The molecule has 0 saturated heterocycles. The third-order valence-electron chi connectivity index (χ3n) is 2.04. The molecule has 7 heteroatoms. The van der Waals surface area contributed by atoms with Crippen LogP contribution in [0, 0.1) is 17.2 Å². The van der Waals surface area contributed by atoms with Crippen molar-refractivity contribution in [2.45, 2.75) is 13.1 Å². The van der Waals surface area contributed by atoms with Crippen molar-refractivity contribution < 1.29 is 22.7 Å². The van der Waals surface area contributed by atoms with E-state index in [2.05, 4.69) is 11.3 Å². The van der Waals surface area contributed by atoms with Crippen molar-refractivity contribution >= 4 is 5.97 Å². The summed E-state index contributed by atoms with van der Waals surface area (Å²) < 4.78 is 41.9. The molecule has 0 fully saturated rings. The quantitative estimate of drug-likeness (QED) is 0.519. The van der Waals surface area contributed by atoms with Crippen molar-refractivity contribution in [3.05, 3.63) is 12.7 Å². The van der Waals surface area contributed by atoms with E-state index in [1.54, 1.807) is 6.92 Å². The zero-order valence-corrected chi connectivity index (χ0v) is 10.0. The molecule has 0 saturated carbocycles. The third-order valence-corrected chi connectivity index (χ3v) is 2.04. The maximum Gasteiger partial charge on any atom is 0.405 e. The standard InChI is InChI=1S/C11H15F3N2O2/c1-3-5-16(8-10(17)18-4-2)7-9(6-15)11(12,13)14/h3,9H,1,4-5,7-8H2,2H3. The molecule has 0 rings (SSSR count). The number of nitrogens with zero attached hydrogens (tertiary/aromatic N) is 2. The van der Waals surface area contributed by atoms with Crippen LogP contribution in [0.2, 0.25) is 0 Å². The van der Waals surface area contributed by atoms with Gasteiger partial charge in [0.2, 0.25) is 0 Å². The number of carbonyl (C=O) groups excluding carboxylic acids is 1. The molecule has 0 heterocycles. The molecule has 18 heavy (non-hydrogen) atoms. The number of carbonyl (C=O) groups is 1. The van der Waals surface area contributed by atoms with Crippen LogP contribution in [0.25, 0.3) is 0 Å². The first-order valence-corrected chi connectivity index (χ1v) is 5.30. The average Bonchev–Trinajstić information content (AvgIpc) is 2.24. The second-order valence-corrected chi connectivity index (χ2v) is 3.51. The minimum absolute atomic E-state index is 0.0765. The Kier molecular flexibility index (Phi) is 7.05. The molecular weight excluding hydrogens is 249 g/mol. The van der Waals surface area contributed by atoms with E-state index in [1.165, 1.54) is 17.0 Å². The molecule has 0 aliphatic rings. The van der Waals surface area contributed by atoms with Crippen LogP contribution in [0.4, 0.5) is 13.2 Å². The number of hydrogen-bond donors (Lipinski definition) is 0. The maximum atomic E-state index is 12.4. The highest BCUT2D eigenvalue weighted by Gasteiger charge is 2.40. The van der Waals surface area contributed by atoms with E-state index in [-0.39, 0.29) is 19.7 Å². The summed E-state index contributed by atoms with van der Waals surface area (Å²) in [7, 11) is 0. The van der Waals surface area contributed by atoms with Crippen LogP contribution < -0.4 is 0 Å². The van der Waals surface area contributed by atoms with Gasteiger partial charge in [-0.15, -0.1) is 6.58 Å². The Morgan fingerprint density at radius 3 is 2.61 bits per heavy atom. The molecule has 0 amide bonds. The normalized spacial score (nSPS) is 12.9. The number of nitriles is 1. The van der Waals surface area contributed by atoms with Gasteiger partial charge >= 0.3 is 12.1 Å². The number of rotatable bonds is 7. The first kappa shape index (κ1) is 16.4. The number of hydrogen-bond acceptors (Lipinski definition) is 4. The Morgan fingerprint density at radius 2 is 2.22 bits per heavy atom. The van der Waals surface area contributed by atoms with Crippen LogP contribution >= 0.6 is 0 Å². The Morgan fingerprint density at radius 1 is 1.61 bits per heavy atom. The SMILES string of the molecule is C=CCN(CC(=O)OCC)CC(C#N)C(F)(F)F. The van der Waals surface area contributed by atoms with Crippen molar-refractivity contribution in [2.24, 2.45) is 5.92 Å². The van der Waals surface area contributed by atoms with E-state index < -0.39 is 24.6 Å². The van der Waals surface area contributed by atoms with E-state index in [0.29, 0.717) is 0 Å². The molecule has 0 aromatic heterocycles. The molecule has 4 nitrogen and oxygen atoms in total. The van der Waals surface area contributed by atoms with Gasteiger partial charge in [0, 0.05) is 13.1 Å². The molecule has 0 aliphatic carbocycles. The van der Waals surface area contributed by atoms with E-state index in [0.717, 1.165) is 0 Å². The average molecular weight is 264 g/mol. The lowest BCUT2D eigenvalue weighted by atomic mass is 10.1. The van der Waals surface area contributed by atoms with E-state index in [1.807, 2.05) is 0 Å². The minimum Gasteiger partial charge on any atom is -0.465 e.